The van der Waals surface area contributed by atoms with E-state index in [1.54, 1.807) is 0 Å². The number of hydrogen-bond acceptors (Lipinski definition) is 1. The Hall–Kier alpha value is 0.140. The van der Waals surface area contributed by atoms with E-state index in [0.717, 1.165) is 22.8 Å². The van der Waals surface area contributed by atoms with E-state index in [1.807, 2.05) is 12.1 Å². The second kappa shape index (κ2) is 7.43. The molecule has 0 radical (unpaired) electrons. The monoisotopic (exact) mass is 320 g/mol. The minimum absolute atomic E-state index is 0.710. The van der Waals surface area contributed by atoms with Gasteiger partial charge < -0.3 is 4.74 Å². The molecule has 0 unspecified atom stereocenters. The highest BCUT2D eigenvalue weighted by molar-refractivity contribution is 9.10. The SMILES string of the molecule is BrCCCCOCc1cccc(Br)c1. The van der Waals surface area contributed by atoms with Crippen LogP contribution in [0.1, 0.15) is 18.4 Å². The van der Waals surface area contributed by atoms with Crippen molar-refractivity contribution in [3.63, 3.8) is 0 Å². The van der Waals surface area contributed by atoms with Gasteiger partial charge in [0.1, 0.15) is 0 Å². The highest BCUT2D eigenvalue weighted by atomic mass is 79.9. The lowest BCUT2D eigenvalue weighted by Gasteiger charge is -2.03. The van der Waals surface area contributed by atoms with E-state index in [2.05, 4.69) is 44.0 Å². The molecule has 0 fully saturated rings. The predicted octanol–water partition coefficient (Wildman–Crippen LogP) is 4.14. The summed E-state index contributed by atoms with van der Waals surface area (Å²) >= 11 is 6.83. The van der Waals surface area contributed by atoms with Crippen LogP contribution >= 0.6 is 31.9 Å². The minimum atomic E-state index is 0.710. The van der Waals surface area contributed by atoms with Crippen molar-refractivity contribution in [1.82, 2.24) is 0 Å². The number of rotatable bonds is 6. The van der Waals surface area contributed by atoms with Crippen LogP contribution in [0.15, 0.2) is 28.7 Å². The Balaban J connectivity index is 2.18. The maximum atomic E-state index is 5.54. The van der Waals surface area contributed by atoms with Crippen LogP contribution in [-0.4, -0.2) is 11.9 Å². The zero-order valence-corrected chi connectivity index (χ0v) is 11.2. The Morgan fingerprint density at radius 1 is 1.21 bits per heavy atom. The first-order valence-corrected chi connectivity index (χ1v) is 6.62. The Bertz CT molecular complexity index is 263. The molecular formula is C11H14Br2O. The van der Waals surface area contributed by atoms with E-state index < -0.39 is 0 Å². The maximum Gasteiger partial charge on any atom is 0.0717 e. The van der Waals surface area contributed by atoms with Crippen LogP contribution in [0.25, 0.3) is 0 Å². The molecule has 0 saturated carbocycles. The summed E-state index contributed by atoms with van der Waals surface area (Å²) in [5.41, 5.74) is 1.22. The number of benzene rings is 1. The fourth-order valence-corrected chi connectivity index (χ4v) is 1.96. The zero-order valence-electron chi connectivity index (χ0n) is 8.01. The molecule has 1 aromatic carbocycles. The van der Waals surface area contributed by atoms with Gasteiger partial charge in [0, 0.05) is 16.4 Å². The van der Waals surface area contributed by atoms with Crippen molar-refractivity contribution in [1.29, 1.82) is 0 Å². The lowest BCUT2D eigenvalue weighted by atomic mass is 10.2. The number of alkyl halides is 1. The van der Waals surface area contributed by atoms with Crippen molar-refractivity contribution in [2.75, 3.05) is 11.9 Å². The Morgan fingerprint density at radius 3 is 2.79 bits per heavy atom. The molecular weight excluding hydrogens is 308 g/mol. The predicted molar refractivity (Wildman–Crippen MR) is 66.8 cm³/mol. The Morgan fingerprint density at radius 2 is 2.07 bits per heavy atom. The highest BCUT2D eigenvalue weighted by Gasteiger charge is 1.94. The topological polar surface area (TPSA) is 9.23 Å². The van der Waals surface area contributed by atoms with Crippen molar-refractivity contribution in [3.8, 4) is 0 Å². The minimum Gasteiger partial charge on any atom is -0.377 e. The van der Waals surface area contributed by atoms with E-state index in [9.17, 15) is 0 Å². The molecule has 1 aromatic rings. The van der Waals surface area contributed by atoms with Crippen LogP contribution in [0.3, 0.4) is 0 Å². The molecule has 0 N–H and O–H groups in total. The molecule has 0 aliphatic rings. The molecule has 0 aliphatic carbocycles. The number of ether oxygens (including phenoxy) is 1. The molecule has 3 heteroatoms. The first-order valence-electron chi connectivity index (χ1n) is 4.71. The lowest BCUT2D eigenvalue weighted by Crippen LogP contribution is -1.95. The van der Waals surface area contributed by atoms with Gasteiger partial charge in [0.25, 0.3) is 0 Å². The summed E-state index contributed by atoms with van der Waals surface area (Å²) in [7, 11) is 0. The molecule has 0 aromatic heterocycles. The standard InChI is InChI=1S/C11H14Br2O/c12-6-1-2-7-14-9-10-4-3-5-11(13)8-10/h3-5,8H,1-2,6-7,9H2. The zero-order chi connectivity index (χ0) is 10.2. The molecule has 1 nitrogen and oxygen atoms in total. The van der Waals surface area contributed by atoms with Crippen molar-refractivity contribution in [2.24, 2.45) is 0 Å². The smallest absolute Gasteiger partial charge is 0.0717 e. The first kappa shape index (κ1) is 12.2. The van der Waals surface area contributed by atoms with Gasteiger partial charge in [0.15, 0.2) is 0 Å². The van der Waals surface area contributed by atoms with Crippen LogP contribution in [0.4, 0.5) is 0 Å². The van der Waals surface area contributed by atoms with Gasteiger partial charge in [-0.15, -0.1) is 0 Å². The van der Waals surface area contributed by atoms with Crippen molar-refractivity contribution >= 4 is 31.9 Å². The summed E-state index contributed by atoms with van der Waals surface area (Å²) in [6.07, 6.45) is 2.30. The van der Waals surface area contributed by atoms with Gasteiger partial charge in [-0.1, -0.05) is 44.0 Å². The summed E-state index contributed by atoms with van der Waals surface area (Å²) in [6.45, 7) is 1.56. The largest absolute Gasteiger partial charge is 0.377 e. The molecule has 1 rings (SSSR count). The number of halogens is 2. The third-order valence-corrected chi connectivity index (χ3v) is 2.88. The fraction of sp³-hybridized carbons (Fsp3) is 0.455. The van der Waals surface area contributed by atoms with Gasteiger partial charge in [-0.25, -0.2) is 0 Å². The summed E-state index contributed by atoms with van der Waals surface area (Å²) in [4.78, 5) is 0. The quantitative estimate of drug-likeness (QED) is 0.565. The van der Waals surface area contributed by atoms with E-state index in [1.165, 1.54) is 12.0 Å². The fourth-order valence-electron chi connectivity index (χ4n) is 1.12. The van der Waals surface area contributed by atoms with Crippen LogP contribution in [0.2, 0.25) is 0 Å². The van der Waals surface area contributed by atoms with Crippen molar-refractivity contribution in [3.05, 3.63) is 34.3 Å². The van der Waals surface area contributed by atoms with E-state index in [0.29, 0.717) is 6.61 Å². The molecule has 0 aliphatic heterocycles. The average molecular weight is 322 g/mol. The summed E-state index contributed by atoms with van der Waals surface area (Å²) < 4.78 is 6.65. The molecule has 0 bridgehead atoms. The second-order valence-electron chi connectivity index (χ2n) is 3.08. The normalized spacial score (nSPS) is 10.4. The highest BCUT2D eigenvalue weighted by Crippen LogP contribution is 2.12. The van der Waals surface area contributed by atoms with Gasteiger partial charge in [-0.05, 0) is 30.5 Å². The van der Waals surface area contributed by atoms with Gasteiger partial charge in [-0.2, -0.15) is 0 Å². The van der Waals surface area contributed by atoms with Crippen LogP contribution < -0.4 is 0 Å². The summed E-state index contributed by atoms with van der Waals surface area (Å²) in [5.74, 6) is 0. The van der Waals surface area contributed by atoms with Gasteiger partial charge in [-0.3, -0.25) is 0 Å². The van der Waals surface area contributed by atoms with Crippen LogP contribution in [0.5, 0.6) is 0 Å². The third kappa shape index (κ3) is 5.13. The average Bonchev–Trinajstić information content (AvgIpc) is 2.18. The molecule has 0 spiro atoms. The molecule has 14 heavy (non-hydrogen) atoms. The number of unbranched alkanes of at least 4 members (excludes halogenated alkanes) is 1. The van der Waals surface area contributed by atoms with E-state index >= 15 is 0 Å². The second-order valence-corrected chi connectivity index (χ2v) is 4.79. The Kier molecular flexibility index (Phi) is 6.48. The van der Waals surface area contributed by atoms with E-state index in [-0.39, 0.29) is 0 Å². The van der Waals surface area contributed by atoms with Crippen molar-refractivity contribution in [2.45, 2.75) is 19.4 Å². The third-order valence-electron chi connectivity index (χ3n) is 1.83. The maximum absolute atomic E-state index is 5.54. The molecule has 0 atom stereocenters. The first-order chi connectivity index (χ1) is 6.83. The molecule has 0 heterocycles. The summed E-state index contributed by atoms with van der Waals surface area (Å²) in [5, 5.41) is 1.06. The van der Waals surface area contributed by atoms with Crippen LogP contribution in [-0.2, 0) is 11.3 Å². The van der Waals surface area contributed by atoms with Crippen LogP contribution in [0, 0.1) is 0 Å². The van der Waals surface area contributed by atoms with Gasteiger partial charge in [0.05, 0.1) is 6.61 Å². The van der Waals surface area contributed by atoms with Gasteiger partial charge >= 0.3 is 0 Å². The van der Waals surface area contributed by atoms with E-state index in [4.69, 9.17) is 4.74 Å². The Labute approximate surface area is 102 Å². The summed E-state index contributed by atoms with van der Waals surface area (Å²) in [6, 6.07) is 8.22. The lowest BCUT2D eigenvalue weighted by molar-refractivity contribution is 0.118. The molecule has 0 amide bonds. The van der Waals surface area contributed by atoms with Gasteiger partial charge in [0.2, 0.25) is 0 Å². The number of hydrogen-bond donors (Lipinski definition) is 0. The molecule has 0 saturated heterocycles. The van der Waals surface area contributed by atoms with Crippen molar-refractivity contribution < 1.29 is 4.74 Å². The molecule has 78 valence electrons.